The van der Waals surface area contributed by atoms with Gasteiger partial charge in [0.25, 0.3) is 0 Å². The van der Waals surface area contributed by atoms with Crippen molar-refractivity contribution < 1.29 is 9.47 Å². The highest BCUT2D eigenvalue weighted by atomic mass is 16.5. The zero-order valence-electron chi connectivity index (χ0n) is 14.1. The predicted octanol–water partition coefficient (Wildman–Crippen LogP) is 4.26. The molecule has 2 atom stereocenters. The van der Waals surface area contributed by atoms with Crippen molar-refractivity contribution in [3.8, 4) is 11.5 Å². The first kappa shape index (κ1) is 15.9. The van der Waals surface area contributed by atoms with E-state index in [0.717, 1.165) is 30.0 Å². The van der Waals surface area contributed by atoms with Gasteiger partial charge in [0.2, 0.25) is 0 Å². The fourth-order valence-electron chi connectivity index (χ4n) is 3.03. The third-order valence-corrected chi connectivity index (χ3v) is 4.28. The van der Waals surface area contributed by atoms with Gasteiger partial charge in [0.05, 0.1) is 6.61 Å². The maximum absolute atomic E-state index is 5.89. The molecule has 0 spiro atoms. The Hall–Kier alpha value is -2.00. The van der Waals surface area contributed by atoms with Crippen LogP contribution in [-0.4, -0.2) is 12.7 Å². The van der Waals surface area contributed by atoms with Crippen LogP contribution >= 0.6 is 0 Å². The van der Waals surface area contributed by atoms with Crippen LogP contribution in [-0.2, 0) is 13.0 Å². The van der Waals surface area contributed by atoms with Crippen LogP contribution < -0.4 is 14.8 Å². The van der Waals surface area contributed by atoms with Crippen molar-refractivity contribution in [2.45, 2.75) is 45.9 Å². The highest BCUT2D eigenvalue weighted by Gasteiger charge is 2.22. The Morgan fingerprint density at radius 3 is 2.78 bits per heavy atom. The maximum Gasteiger partial charge on any atom is 0.124 e. The topological polar surface area (TPSA) is 30.5 Å². The molecule has 0 radical (unpaired) electrons. The second-order valence-electron chi connectivity index (χ2n) is 6.15. The van der Waals surface area contributed by atoms with E-state index in [2.05, 4.69) is 55.6 Å². The first-order chi connectivity index (χ1) is 11.2. The summed E-state index contributed by atoms with van der Waals surface area (Å²) in [5, 5.41) is 3.58. The summed E-state index contributed by atoms with van der Waals surface area (Å²) in [6.07, 6.45) is 1.22. The first-order valence-electron chi connectivity index (χ1n) is 8.41. The molecule has 122 valence electrons. The van der Waals surface area contributed by atoms with Crippen molar-refractivity contribution in [3.05, 3.63) is 59.2 Å². The second kappa shape index (κ2) is 7.05. The SMILES string of the molecule is CCOc1cc2c(cc1CNC(C)c1ccccc1)OC(C)C2. The van der Waals surface area contributed by atoms with E-state index in [1.807, 2.05) is 13.0 Å². The molecule has 2 aromatic rings. The van der Waals surface area contributed by atoms with Gasteiger partial charge in [-0.3, -0.25) is 0 Å². The fourth-order valence-corrected chi connectivity index (χ4v) is 3.03. The summed E-state index contributed by atoms with van der Waals surface area (Å²) in [7, 11) is 0. The molecule has 2 aromatic carbocycles. The van der Waals surface area contributed by atoms with Gasteiger partial charge in [0.15, 0.2) is 0 Å². The minimum atomic E-state index is 0.255. The maximum atomic E-state index is 5.89. The quantitative estimate of drug-likeness (QED) is 0.864. The van der Waals surface area contributed by atoms with Gasteiger partial charge in [-0.2, -0.15) is 0 Å². The minimum absolute atomic E-state index is 0.255. The molecule has 1 aliphatic heterocycles. The molecule has 1 heterocycles. The van der Waals surface area contributed by atoms with Gasteiger partial charge in [0.1, 0.15) is 17.6 Å². The van der Waals surface area contributed by atoms with Crippen molar-refractivity contribution in [2.75, 3.05) is 6.61 Å². The molecule has 2 unspecified atom stereocenters. The Kier molecular flexibility index (Phi) is 4.87. The molecule has 0 saturated heterocycles. The molecule has 1 aliphatic rings. The number of rotatable bonds is 6. The average Bonchev–Trinajstić information content (AvgIpc) is 2.92. The zero-order valence-corrected chi connectivity index (χ0v) is 14.1. The second-order valence-corrected chi connectivity index (χ2v) is 6.15. The van der Waals surface area contributed by atoms with Crippen LogP contribution in [0.5, 0.6) is 11.5 Å². The number of hydrogen-bond donors (Lipinski definition) is 1. The first-order valence-corrected chi connectivity index (χ1v) is 8.41. The van der Waals surface area contributed by atoms with Gasteiger partial charge in [-0.15, -0.1) is 0 Å². The number of benzene rings is 2. The van der Waals surface area contributed by atoms with Crippen LogP contribution in [0.15, 0.2) is 42.5 Å². The van der Waals surface area contributed by atoms with E-state index in [4.69, 9.17) is 9.47 Å². The van der Waals surface area contributed by atoms with Gasteiger partial charge in [0, 0.05) is 30.1 Å². The van der Waals surface area contributed by atoms with Crippen molar-refractivity contribution in [1.82, 2.24) is 5.32 Å². The molecule has 0 bridgehead atoms. The predicted molar refractivity (Wildman–Crippen MR) is 93.1 cm³/mol. The highest BCUT2D eigenvalue weighted by Crippen LogP contribution is 2.35. The fraction of sp³-hybridized carbons (Fsp3) is 0.400. The average molecular weight is 311 g/mol. The number of hydrogen-bond acceptors (Lipinski definition) is 3. The number of ether oxygens (including phenoxy) is 2. The van der Waals surface area contributed by atoms with Crippen LogP contribution in [0.1, 0.15) is 43.5 Å². The lowest BCUT2D eigenvalue weighted by molar-refractivity contribution is 0.254. The van der Waals surface area contributed by atoms with Crippen molar-refractivity contribution in [3.63, 3.8) is 0 Å². The van der Waals surface area contributed by atoms with E-state index in [0.29, 0.717) is 12.6 Å². The summed E-state index contributed by atoms with van der Waals surface area (Å²) in [6, 6.07) is 15.1. The summed E-state index contributed by atoms with van der Waals surface area (Å²) in [6.45, 7) is 7.75. The Bertz CT molecular complexity index is 654. The lowest BCUT2D eigenvalue weighted by atomic mass is 10.1. The molecular weight excluding hydrogens is 286 g/mol. The van der Waals surface area contributed by atoms with E-state index >= 15 is 0 Å². The standard InChI is InChI=1S/C20H25NO2/c1-4-22-19-11-17-10-14(2)23-20(17)12-18(19)13-21-15(3)16-8-6-5-7-9-16/h5-9,11-12,14-15,21H,4,10,13H2,1-3H3. The molecule has 3 nitrogen and oxygen atoms in total. The summed E-state index contributed by atoms with van der Waals surface area (Å²) in [5.41, 5.74) is 3.69. The van der Waals surface area contributed by atoms with Gasteiger partial charge < -0.3 is 14.8 Å². The molecule has 1 N–H and O–H groups in total. The van der Waals surface area contributed by atoms with Crippen molar-refractivity contribution in [2.24, 2.45) is 0 Å². The Labute approximate surface area is 138 Å². The smallest absolute Gasteiger partial charge is 0.124 e. The molecule has 3 rings (SSSR count). The number of fused-ring (bicyclic) bond motifs is 1. The third-order valence-electron chi connectivity index (χ3n) is 4.28. The van der Waals surface area contributed by atoms with E-state index in [-0.39, 0.29) is 6.10 Å². The Morgan fingerprint density at radius 1 is 1.26 bits per heavy atom. The van der Waals surface area contributed by atoms with Crippen LogP contribution in [0.4, 0.5) is 0 Å². The zero-order chi connectivity index (χ0) is 16.2. The van der Waals surface area contributed by atoms with Gasteiger partial charge >= 0.3 is 0 Å². The van der Waals surface area contributed by atoms with Crippen LogP contribution in [0.2, 0.25) is 0 Å². The molecule has 23 heavy (non-hydrogen) atoms. The lowest BCUT2D eigenvalue weighted by Gasteiger charge is -2.17. The molecule has 3 heteroatoms. The lowest BCUT2D eigenvalue weighted by Crippen LogP contribution is -2.18. The third kappa shape index (κ3) is 3.67. The summed E-state index contributed by atoms with van der Waals surface area (Å²) < 4.78 is 11.7. The summed E-state index contributed by atoms with van der Waals surface area (Å²) >= 11 is 0. The molecular formula is C20H25NO2. The van der Waals surface area contributed by atoms with Crippen molar-refractivity contribution in [1.29, 1.82) is 0 Å². The summed E-state index contributed by atoms with van der Waals surface area (Å²) in [5.74, 6) is 1.97. The molecule has 0 amide bonds. The highest BCUT2D eigenvalue weighted by molar-refractivity contribution is 5.48. The van der Waals surface area contributed by atoms with E-state index in [1.165, 1.54) is 11.1 Å². The van der Waals surface area contributed by atoms with Crippen molar-refractivity contribution >= 4 is 0 Å². The Balaban J connectivity index is 1.75. The van der Waals surface area contributed by atoms with Crippen LogP contribution in [0, 0.1) is 0 Å². The van der Waals surface area contributed by atoms with Gasteiger partial charge in [-0.25, -0.2) is 0 Å². The van der Waals surface area contributed by atoms with Crippen LogP contribution in [0.25, 0.3) is 0 Å². The number of nitrogens with one attached hydrogen (secondary N) is 1. The molecule has 0 fully saturated rings. The summed E-state index contributed by atoms with van der Waals surface area (Å²) in [4.78, 5) is 0. The minimum Gasteiger partial charge on any atom is -0.494 e. The molecule has 0 aromatic heterocycles. The van der Waals surface area contributed by atoms with E-state index < -0.39 is 0 Å². The molecule has 0 aliphatic carbocycles. The van der Waals surface area contributed by atoms with Gasteiger partial charge in [-0.1, -0.05) is 30.3 Å². The Morgan fingerprint density at radius 2 is 2.04 bits per heavy atom. The largest absolute Gasteiger partial charge is 0.494 e. The monoisotopic (exact) mass is 311 g/mol. The van der Waals surface area contributed by atoms with Gasteiger partial charge in [-0.05, 0) is 38.5 Å². The van der Waals surface area contributed by atoms with E-state index in [9.17, 15) is 0 Å². The van der Waals surface area contributed by atoms with E-state index in [1.54, 1.807) is 0 Å². The van der Waals surface area contributed by atoms with Crippen LogP contribution in [0.3, 0.4) is 0 Å². The molecule has 0 saturated carbocycles. The normalized spacial score (nSPS) is 17.4.